The van der Waals surface area contributed by atoms with E-state index >= 15 is 0 Å². The summed E-state index contributed by atoms with van der Waals surface area (Å²) in [5.41, 5.74) is 1.77. The van der Waals surface area contributed by atoms with Crippen molar-refractivity contribution >= 4 is 33.9 Å². The fraction of sp³-hybridized carbons (Fsp3) is 0.200. The molecule has 5 nitrogen and oxygen atoms in total. The smallest absolute Gasteiger partial charge is 0.331 e. The maximum absolute atomic E-state index is 12.1. The second-order valence-electron chi connectivity index (χ2n) is 5.50. The fourth-order valence-corrected chi connectivity index (χ4v) is 2.53. The topological polar surface area (TPSA) is 64.6 Å². The maximum atomic E-state index is 12.1. The molecule has 0 radical (unpaired) electrons. The molecule has 0 heterocycles. The van der Waals surface area contributed by atoms with E-state index in [4.69, 9.17) is 9.47 Å². The molecule has 0 aliphatic rings. The van der Waals surface area contributed by atoms with Gasteiger partial charge in [-0.2, -0.15) is 0 Å². The zero-order chi connectivity index (χ0) is 18.9. The van der Waals surface area contributed by atoms with Crippen molar-refractivity contribution in [3.63, 3.8) is 0 Å². The minimum atomic E-state index is -0.885. The molecular formula is C20H20BrNO4. The fourth-order valence-electron chi connectivity index (χ4n) is 2.11. The van der Waals surface area contributed by atoms with Crippen LogP contribution in [0.4, 0.5) is 0 Å². The Labute approximate surface area is 161 Å². The Morgan fingerprint density at radius 1 is 1.15 bits per heavy atom. The molecule has 1 amide bonds. The van der Waals surface area contributed by atoms with Crippen molar-refractivity contribution in [1.29, 1.82) is 0 Å². The monoisotopic (exact) mass is 417 g/mol. The summed E-state index contributed by atoms with van der Waals surface area (Å²) in [6.45, 7) is 1.88. The van der Waals surface area contributed by atoms with E-state index in [-0.39, 0.29) is 5.91 Å². The van der Waals surface area contributed by atoms with E-state index < -0.39 is 12.1 Å². The molecule has 1 atom stereocenters. The Hall–Kier alpha value is -2.60. The van der Waals surface area contributed by atoms with Crippen LogP contribution in [-0.4, -0.2) is 25.1 Å². The molecule has 0 saturated carbocycles. The molecule has 0 saturated heterocycles. The number of ether oxygens (including phenoxy) is 2. The van der Waals surface area contributed by atoms with Gasteiger partial charge in [0.15, 0.2) is 6.10 Å². The van der Waals surface area contributed by atoms with Gasteiger partial charge in [0.1, 0.15) is 5.75 Å². The Morgan fingerprint density at radius 3 is 2.50 bits per heavy atom. The standard InChI is InChI=1S/C20H20BrNO4/c1-14(20(24)22-13-15-7-10-17(25-2)11-8-15)26-19(23)12-9-16-5-3-4-6-18(16)21/h3-12,14H,13H2,1-2H3,(H,22,24)/b12-9+/t14-/m0/s1. The molecule has 1 N–H and O–H groups in total. The first-order chi connectivity index (χ1) is 12.5. The summed E-state index contributed by atoms with van der Waals surface area (Å²) in [6, 6.07) is 14.8. The number of carbonyl (C=O) groups excluding carboxylic acids is 2. The summed E-state index contributed by atoms with van der Waals surface area (Å²) in [5, 5.41) is 2.74. The van der Waals surface area contributed by atoms with Crippen LogP contribution < -0.4 is 10.1 Å². The Balaban J connectivity index is 1.82. The van der Waals surface area contributed by atoms with Crippen molar-refractivity contribution in [2.75, 3.05) is 7.11 Å². The quantitative estimate of drug-likeness (QED) is 0.550. The first kappa shape index (κ1) is 19.7. The lowest BCUT2D eigenvalue weighted by Gasteiger charge is -2.12. The lowest BCUT2D eigenvalue weighted by Crippen LogP contribution is -2.35. The van der Waals surface area contributed by atoms with Gasteiger partial charge in [0, 0.05) is 17.1 Å². The van der Waals surface area contributed by atoms with Gasteiger partial charge < -0.3 is 14.8 Å². The van der Waals surface area contributed by atoms with Gasteiger partial charge >= 0.3 is 5.97 Å². The predicted octanol–water partition coefficient (Wildman–Crippen LogP) is 3.72. The summed E-state index contributed by atoms with van der Waals surface area (Å²) in [5.74, 6) is -0.185. The van der Waals surface area contributed by atoms with Gasteiger partial charge in [0.05, 0.1) is 7.11 Å². The van der Waals surface area contributed by atoms with Crippen LogP contribution in [0.2, 0.25) is 0 Å². The van der Waals surface area contributed by atoms with Crippen molar-refractivity contribution in [2.24, 2.45) is 0 Å². The average Bonchev–Trinajstić information content (AvgIpc) is 2.65. The molecule has 0 unspecified atom stereocenters. The number of halogens is 1. The molecule has 0 spiro atoms. The number of esters is 1. The van der Waals surface area contributed by atoms with Crippen LogP contribution in [-0.2, 0) is 20.9 Å². The number of carbonyl (C=O) groups is 2. The van der Waals surface area contributed by atoms with Crippen LogP contribution in [0.5, 0.6) is 5.75 Å². The molecule has 136 valence electrons. The van der Waals surface area contributed by atoms with E-state index in [1.54, 1.807) is 13.2 Å². The molecule has 0 bridgehead atoms. The Morgan fingerprint density at radius 2 is 1.85 bits per heavy atom. The van der Waals surface area contributed by atoms with Crippen LogP contribution in [0.15, 0.2) is 59.1 Å². The first-order valence-corrected chi connectivity index (χ1v) is 8.82. The molecule has 2 aromatic rings. The van der Waals surface area contributed by atoms with Crippen molar-refractivity contribution in [1.82, 2.24) is 5.32 Å². The van der Waals surface area contributed by atoms with Gasteiger partial charge in [-0.25, -0.2) is 4.79 Å². The van der Waals surface area contributed by atoms with Crippen molar-refractivity contribution in [3.8, 4) is 5.75 Å². The van der Waals surface area contributed by atoms with Gasteiger partial charge in [0.25, 0.3) is 5.91 Å². The van der Waals surface area contributed by atoms with Gasteiger partial charge in [0.2, 0.25) is 0 Å². The lowest BCUT2D eigenvalue weighted by atomic mass is 10.2. The number of methoxy groups -OCH3 is 1. The molecular weight excluding hydrogens is 398 g/mol. The third-order valence-electron chi connectivity index (χ3n) is 3.59. The predicted molar refractivity (Wildman–Crippen MR) is 104 cm³/mol. The number of benzene rings is 2. The zero-order valence-electron chi connectivity index (χ0n) is 14.6. The zero-order valence-corrected chi connectivity index (χ0v) is 16.2. The van der Waals surface area contributed by atoms with Gasteiger partial charge in [-0.15, -0.1) is 0 Å². The SMILES string of the molecule is COc1ccc(CNC(=O)[C@H](C)OC(=O)/C=C/c2ccccc2Br)cc1. The van der Waals surface area contributed by atoms with Crippen molar-refractivity contribution < 1.29 is 19.1 Å². The highest BCUT2D eigenvalue weighted by molar-refractivity contribution is 9.10. The normalized spacial score (nSPS) is 11.8. The summed E-state index contributed by atoms with van der Waals surface area (Å²) in [7, 11) is 1.59. The number of amides is 1. The average molecular weight is 418 g/mol. The molecule has 2 aromatic carbocycles. The van der Waals surface area contributed by atoms with Crippen LogP contribution in [0.3, 0.4) is 0 Å². The number of hydrogen-bond acceptors (Lipinski definition) is 4. The van der Waals surface area contributed by atoms with Crippen molar-refractivity contribution in [3.05, 3.63) is 70.2 Å². The molecule has 0 aliphatic carbocycles. The molecule has 0 fully saturated rings. The summed E-state index contributed by atoms with van der Waals surface area (Å²) < 4.78 is 11.1. The third-order valence-corrected chi connectivity index (χ3v) is 4.31. The molecule has 0 aliphatic heterocycles. The van der Waals surface area contributed by atoms with Crippen LogP contribution in [0, 0.1) is 0 Å². The minimum Gasteiger partial charge on any atom is -0.497 e. The Bertz CT molecular complexity index is 787. The molecule has 0 aromatic heterocycles. The van der Waals surface area contributed by atoms with E-state index in [9.17, 15) is 9.59 Å². The van der Waals surface area contributed by atoms with E-state index in [0.29, 0.717) is 6.54 Å². The van der Waals surface area contributed by atoms with Crippen LogP contribution in [0.25, 0.3) is 6.08 Å². The highest BCUT2D eigenvalue weighted by Gasteiger charge is 2.16. The van der Waals surface area contributed by atoms with Gasteiger partial charge in [-0.05, 0) is 42.3 Å². The van der Waals surface area contributed by atoms with Gasteiger partial charge in [-0.1, -0.05) is 46.3 Å². The molecule has 2 rings (SSSR count). The van der Waals surface area contributed by atoms with E-state index in [1.165, 1.54) is 13.0 Å². The largest absolute Gasteiger partial charge is 0.497 e. The number of hydrogen-bond donors (Lipinski definition) is 1. The summed E-state index contributed by atoms with van der Waals surface area (Å²) in [4.78, 5) is 23.9. The Kier molecular flexibility index (Phi) is 7.41. The van der Waals surface area contributed by atoms with E-state index in [0.717, 1.165) is 21.3 Å². The number of rotatable bonds is 7. The first-order valence-electron chi connectivity index (χ1n) is 8.03. The van der Waals surface area contributed by atoms with Crippen molar-refractivity contribution in [2.45, 2.75) is 19.6 Å². The van der Waals surface area contributed by atoms with Gasteiger partial charge in [-0.3, -0.25) is 4.79 Å². The highest BCUT2D eigenvalue weighted by atomic mass is 79.9. The minimum absolute atomic E-state index is 0.345. The lowest BCUT2D eigenvalue weighted by molar-refractivity contribution is -0.150. The van der Waals surface area contributed by atoms with Crippen LogP contribution >= 0.6 is 15.9 Å². The number of nitrogens with one attached hydrogen (secondary N) is 1. The molecule has 26 heavy (non-hydrogen) atoms. The second kappa shape index (κ2) is 9.77. The summed E-state index contributed by atoms with van der Waals surface area (Å²) in [6.07, 6.45) is 2.05. The van der Waals surface area contributed by atoms with Crippen LogP contribution in [0.1, 0.15) is 18.1 Å². The molecule has 6 heteroatoms. The van der Waals surface area contributed by atoms with E-state index in [1.807, 2.05) is 48.5 Å². The third kappa shape index (κ3) is 6.04. The van der Waals surface area contributed by atoms with E-state index in [2.05, 4.69) is 21.2 Å². The second-order valence-corrected chi connectivity index (χ2v) is 6.35. The maximum Gasteiger partial charge on any atom is 0.331 e. The summed E-state index contributed by atoms with van der Waals surface area (Å²) >= 11 is 3.40. The highest BCUT2D eigenvalue weighted by Crippen LogP contribution is 2.17.